The molecule has 0 aromatic carbocycles. The Hall–Kier alpha value is -2.83. The summed E-state index contributed by atoms with van der Waals surface area (Å²) >= 11 is 0. The van der Waals surface area contributed by atoms with Crippen molar-refractivity contribution in [2.45, 2.75) is 19.4 Å². The molecule has 2 aromatic rings. The third-order valence-corrected chi connectivity index (χ3v) is 3.90. The Balaban J connectivity index is 1.48. The topological polar surface area (TPSA) is 79.4 Å². The second-order valence-electron chi connectivity index (χ2n) is 5.62. The number of hydrogen-bond acceptors (Lipinski definition) is 5. The summed E-state index contributed by atoms with van der Waals surface area (Å²) in [7, 11) is 1.55. The predicted molar refractivity (Wildman–Crippen MR) is 92.3 cm³/mol. The molecule has 1 fully saturated rings. The van der Waals surface area contributed by atoms with E-state index in [9.17, 15) is 4.79 Å². The Bertz CT molecular complexity index is 666. The van der Waals surface area contributed by atoms with Crippen LogP contribution in [0.3, 0.4) is 0 Å². The number of pyridine rings is 2. The molecule has 0 atom stereocenters. The molecule has 0 saturated carbocycles. The smallest absolute Gasteiger partial charge is 0.319 e. The normalized spacial score (nSPS) is 13.6. The zero-order valence-electron chi connectivity index (χ0n) is 13.7. The molecule has 3 heterocycles. The summed E-state index contributed by atoms with van der Waals surface area (Å²) in [6.45, 7) is 2.56. The van der Waals surface area contributed by atoms with Gasteiger partial charge in [-0.15, -0.1) is 0 Å². The largest absolute Gasteiger partial charge is 0.481 e. The van der Waals surface area contributed by atoms with Crippen molar-refractivity contribution in [3.8, 4) is 5.88 Å². The number of hydrogen-bond donors (Lipinski definition) is 2. The average Bonchev–Trinajstić information content (AvgIpc) is 3.16. The van der Waals surface area contributed by atoms with Crippen LogP contribution in [0.25, 0.3) is 0 Å². The Morgan fingerprint density at radius 1 is 1.17 bits per heavy atom. The summed E-state index contributed by atoms with van der Waals surface area (Å²) in [4.78, 5) is 22.7. The van der Waals surface area contributed by atoms with Crippen LogP contribution in [0, 0.1) is 0 Å². The number of carbonyl (C=O) groups excluding carboxylic acids is 1. The van der Waals surface area contributed by atoms with Crippen LogP contribution >= 0.6 is 0 Å². The van der Waals surface area contributed by atoms with Crippen molar-refractivity contribution in [2.24, 2.45) is 0 Å². The Morgan fingerprint density at radius 3 is 2.62 bits per heavy atom. The SMILES string of the molecule is COc1ccc(NC(=O)NCc2ccc(N3CCCC3)nc2)cn1. The molecular formula is C17H21N5O2. The minimum atomic E-state index is -0.286. The maximum atomic E-state index is 11.9. The van der Waals surface area contributed by atoms with Crippen LogP contribution in [0.4, 0.5) is 16.3 Å². The van der Waals surface area contributed by atoms with E-state index in [1.165, 1.54) is 12.8 Å². The number of ether oxygens (including phenoxy) is 1. The molecule has 3 rings (SSSR count). The predicted octanol–water partition coefficient (Wildman–Crippen LogP) is 2.41. The van der Waals surface area contributed by atoms with E-state index >= 15 is 0 Å². The zero-order chi connectivity index (χ0) is 16.8. The van der Waals surface area contributed by atoms with Gasteiger partial charge in [-0.3, -0.25) is 0 Å². The first-order chi connectivity index (χ1) is 11.7. The number of nitrogens with zero attached hydrogens (tertiary/aromatic N) is 3. The molecule has 1 saturated heterocycles. The summed E-state index contributed by atoms with van der Waals surface area (Å²) < 4.78 is 4.98. The Kier molecular flexibility index (Phi) is 5.10. The Morgan fingerprint density at radius 2 is 2.00 bits per heavy atom. The summed E-state index contributed by atoms with van der Waals surface area (Å²) in [6.07, 6.45) is 5.81. The molecule has 2 N–H and O–H groups in total. The van der Waals surface area contributed by atoms with Crippen molar-refractivity contribution in [1.82, 2.24) is 15.3 Å². The standard InChI is InChI=1S/C17H21N5O2/c1-24-16-7-5-14(12-19-16)21-17(23)20-11-13-4-6-15(18-10-13)22-8-2-3-9-22/h4-7,10,12H,2-3,8-9,11H2,1H3,(H2,20,21,23). The van der Waals surface area contributed by atoms with Crippen LogP contribution < -0.4 is 20.3 Å². The van der Waals surface area contributed by atoms with Crippen molar-refractivity contribution in [1.29, 1.82) is 0 Å². The molecule has 7 heteroatoms. The van der Waals surface area contributed by atoms with Crippen LogP contribution in [0.15, 0.2) is 36.7 Å². The van der Waals surface area contributed by atoms with Gasteiger partial charge >= 0.3 is 6.03 Å². The molecular weight excluding hydrogens is 306 g/mol. The van der Waals surface area contributed by atoms with E-state index in [0.717, 1.165) is 24.5 Å². The van der Waals surface area contributed by atoms with Gasteiger partial charge in [0.1, 0.15) is 5.82 Å². The van der Waals surface area contributed by atoms with Crippen molar-refractivity contribution < 1.29 is 9.53 Å². The fourth-order valence-corrected chi connectivity index (χ4v) is 2.59. The summed E-state index contributed by atoms with van der Waals surface area (Å²) in [5, 5.41) is 5.53. The fourth-order valence-electron chi connectivity index (χ4n) is 2.59. The number of aromatic nitrogens is 2. The minimum absolute atomic E-state index is 0.286. The highest BCUT2D eigenvalue weighted by Crippen LogP contribution is 2.17. The highest BCUT2D eigenvalue weighted by Gasteiger charge is 2.13. The molecule has 0 spiro atoms. The van der Waals surface area contributed by atoms with Crippen molar-refractivity contribution >= 4 is 17.5 Å². The molecule has 7 nitrogen and oxygen atoms in total. The van der Waals surface area contributed by atoms with Crippen molar-refractivity contribution in [3.63, 3.8) is 0 Å². The third kappa shape index (κ3) is 4.13. The van der Waals surface area contributed by atoms with Gasteiger partial charge in [-0.1, -0.05) is 6.07 Å². The van der Waals surface area contributed by atoms with Gasteiger partial charge in [-0.25, -0.2) is 14.8 Å². The number of amides is 2. The molecule has 2 aromatic heterocycles. The minimum Gasteiger partial charge on any atom is -0.481 e. The maximum absolute atomic E-state index is 11.9. The van der Waals surface area contributed by atoms with E-state index in [4.69, 9.17) is 4.74 Å². The maximum Gasteiger partial charge on any atom is 0.319 e. The van der Waals surface area contributed by atoms with Gasteiger partial charge in [0, 0.05) is 31.9 Å². The van der Waals surface area contributed by atoms with E-state index in [2.05, 4.69) is 25.5 Å². The quantitative estimate of drug-likeness (QED) is 0.881. The van der Waals surface area contributed by atoms with E-state index in [-0.39, 0.29) is 6.03 Å². The number of rotatable bonds is 5. The van der Waals surface area contributed by atoms with E-state index in [1.54, 1.807) is 25.4 Å². The average molecular weight is 327 g/mol. The first kappa shape index (κ1) is 16.0. The number of carbonyl (C=O) groups is 1. The number of nitrogens with one attached hydrogen (secondary N) is 2. The van der Waals surface area contributed by atoms with Gasteiger partial charge in [-0.2, -0.15) is 0 Å². The molecule has 126 valence electrons. The number of methoxy groups -OCH3 is 1. The van der Waals surface area contributed by atoms with Crippen LogP contribution in [-0.2, 0) is 6.54 Å². The van der Waals surface area contributed by atoms with Gasteiger partial charge in [0.2, 0.25) is 5.88 Å². The lowest BCUT2D eigenvalue weighted by atomic mass is 10.3. The van der Waals surface area contributed by atoms with E-state index in [1.807, 2.05) is 18.3 Å². The van der Waals surface area contributed by atoms with Gasteiger partial charge < -0.3 is 20.3 Å². The molecule has 1 aliphatic heterocycles. The molecule has 0 radical (unpaired) electrons. The van der Waals surface area contributed by atoms with Crippen LogP contribution in [0.1, 0.15) is 18.4 Å². The van der Waals surface area contributed by atoms with Gasteiger partial charge in [0.15, 0.2) is 0 Å². The van der Waals surface area contributed by atoms with Crippen molar-refractivity contribution in [2.75, 3.05) is 30.4 Å². The second kappa shape index (κ2) is 7.63. The van der Waals surface area contributed by atoms with Gasteiger partial charge in [0.05, 0.1) is 19.0 Å². The van der Waals surface area contributed by atoms with Crippen LogP contribution in [0.2, 0.25) is 0 Å². The molecule has 1 aliphatic rings. The fraction of sp³-hybridized carbons (Fsp3) is 0.353. The lowest BCUT2D eigenvalue weighted by molar-refractivity contribution is 0.251. The molecule has 0 unspecified atom stereocenters. The summed E-state index contributed by atoms with van der Waals surface area (Å²) in [6, 6.07) is 7.14. The van der Waals surface area contributed by atoms with Crippen LogP contribution in [0.5, 0.6) is 5.88 Å². The molecule has 0 bridgehead atoms. The van der Waals surface area contributed by atoms with E-state index < -0.39 is 0 Å². The molecule has 0 aliphatic carbocycles. The highest BCUT2D eigenvalue weighted by molar-refractivity contribution is 5.88. The zero-order valence-corrected chi connectivity index (χ0v) is 13.7. The first-order valence-electron chi connectivity index (χ1n) is 7.99. The first-order valence-corrected chi connectivity index (χ1v) is 7.99. The monoisotopic (exact) mass is 327 g/mol. The van der Waals surface area contributed by atoms with Crippen LogP contribution in [-0.4, -0.2) is 36.2 Å². The summed E-state index contributed by atoms with van der Waals surface area (Å²) in [5.74, 6) is 1.51. The highest BCUT2D eigenvalue weighted by atomic mass is 16.5. The second-order valence-corrected chi connectivity index (χ2v) is 5.62. The van der Waals surface area contributed by atoms with Gasteiger partial charge in [-0.05, 0) is 30.5 Å². The lowest BCUT2D eigenvalue weighted by Gasteiger charge is -2.16. The third-order valence-electron chi connectivity index (χ3n) is 3.90. The number of anilines is 2. The van der Waals surface area contributed by atoms with E-state index in [0.29, 0.717) is 18.1 Å². The lowest BCUT2D eigenvalue weighted by Crippen LogP contribution is -2.28. The number of urea groups is 1. The summed E-state index contributed by atoms with van der Waals surface area (Å²) in [5.41, 5.74) is 1.57. The molecule has 24 heavy (non-hydrogen) atoms. The Labute approximate surface area is 141 Å². The molecule has 2 amide bonds. The van der Waals surface area contributed by atoms with Gasteiger partial charge in [0.25, 0.3) is 0 Å². The van der Waals surface area contributed by atoms with Crippen molar-refractivity contribution in [3.05, 3.63) is 42.2 Å².